The van der Waals surface area contributed by atoms with Crippen molar-refractivity contribution in [2.45, 2.75) is 26.4 Å². The standard InChI is InChI=1S/C16H16ClN7O3/c1-2-7-23-13(18)12(15(26)19-16(23)27)11(25)8-24-21-14(20-22-24)9-5-3-4-6-10(9)17/h3-6H,2,7-8,18H2,1H3,(H,19,26,27). The van der Waals surface area contributed by atoms with Crippen molar-refractivity contribution in [3.05, 3.63) is 55.7 Å². The van der Waals surface area contributed by atoms with Crippen molar-refractivity contribution in [3.8, 4) is 11.4 Å². The molecule has 3 rings (SSSR count). The van der Waals surface area contributed by atoms with E-state index < -0.39 is 17.0 Å². The number of aromatic amines is 1. The fraction of sp³-hybridized carbons (Fsp3) is 0.250. The predicted octanol–water partition coefficient (Wildman–Crippen LogP) is 0.719. The number of carbonyl (C=O) groups excluding carboxylic acids is 1. The first kappa shape index (κ1) is 18.5. The van der Waals surface area contributed by atoms with Crippen LogP contribution in [0.2, 0.25) is 5.02 Å². The SMILES string of the molecule is CCCn1c(N)c(C(=O)Cn2nnc(-c3ccccc3Cl)n2)c(=O)[nH]c1=O. The van der Waals surface area contributed by atoms with Gasteiger partial charge in [-0.2, -0.15) is 4.80 Å². The van der Waals surface area contributed by atoms with Gasteiger partial charge in [-0.25, -0.2) is 4.79 Å². The average molecular weight is 390 g/mol. The lowest BCUT2D eigenvalue weighted by atomic mass is 10.2. The molecule has 0 bridgehead atoms. The minimum atomic E-state index is -0.846. The summed E-state index contributed by atoms with van der Waals surface area (Å²) in [4.78, 5) is 39.6. The minimum absolute atomic E-state index is 0.179. The Labute approximate surface area is 157 Å². The van der Waals surface area contributed by atoms with Crippen molar-refractivity contribution in [2.24, 2.45) is 0 Å². The topological polar surface area (TPSA) is 142 Å². The van der Waals surface area contributed by atoms with Gasteiger partial charge in [-0.1, -0.05) is 30.7 Å². The summed E-state index contributed by atoms with van der Waals surface area (Å²) in [6.45, 7) is 1.75. The highest BCUT2D eigenvalue weighted by molar-refractivity contribution is 6.33. The van der Waals surface area contributed by atoms with E-state index in [1.165, 1.54) is 0 Å². The molecule has 140 valence electrons. The molecule has 0 saturated carbocycles. The van der Waals surface area contributed by atoms with E-state index in [1.54, 1.807) is 24.3 Å². The van der Waals surface area contributed by atoms with Crippen LogP contribution >= 0.6 is 11.6 Å². The monoisotopic (exact) mass is 389 g/mol. The number of hydrogen-bond acceptors (Lipinski definition) is 7. The zero-order chi connectivity index (χ0) is 19.6. The van der Waals surface area contributed by atoms with Crippen molar-refractivity contribution in [3.63, 3.8) is 0 Å². The molecular formula is C16H16ClN7O3. The maximum Gasteiger partial charge on any atom is 0.329 e. The van der Waals surface area contributed by atoms with Crippen molar-refractivity contribution in [1.82, 2.24) is 29.8 Å². The molecule has 0 radical (unpaired) electrons. The summed E-state index contributed by atoms with van der Waals surface area (Å²) in [5.41, 5.74) is 4.63. The third kappa shape index (κ3) is 3.65. The number of ketones is 1. The van der Waals surface area contributed by atoms with Crippen LogP contribution in [0.25, 0.3) is 11.4 Å². The lowest BCUT2D eigenvalue weighted by Gasteiger charge is -2.10. The fourth-order valence-electron chi connectivity index (χ4n) is 2.57. The summed E-state index contributed by atoms with van der Waals surface area (Å²) in [5, 5.41) is 12.2. The molecule has 0 atom stereocenters. The van der Waals surface area contributed by atoms with Crippen molar-refractivity contribution in [1.29, 1.82) is 0 Å². The van der Waals surface area contributed by atoms with Gasteiger partial charge in [0.2, 0.25) is 5.82 Å². The summed E-state index contributed by atoms with van der Waals surface area (Å²) >= 11 is 6.09. The van der Waals surface area contributed by atoms with E-state index in [-0.39, 0.29) is 30.3 Å². The Balaban J connectivity index is 1.91. The molecule has 0 amide bonds. The van der Waals surface area contributed by atoms with Crippen molar-refractivity contribution < 1.29 is 4.79 Å². The molecule has 11 heteroatoms. The summed E-state index contributed by atoms with van der Waals surface area (Å²) < 4.78 is 1.15. The van der Waals surface area contributed by atoms with Gasteiger partial charge in [0.25, 0.3) is 5.56 Å². The van der Waals surface area contributed by atoms with Gasteiger partial charge >= 0.3 is 5.69 Å². The number of carbonyl (C=O) groups is 1. The lowest BCUT2D eigenvalue weighted by molar-refractivity contribution is 0.0960. The normalized spacial score (nSPS) is 10.9. The molecule has 2 heterocycles. The highest BCUT2D eigenvalue weighted by Gasteiger charge is 2.21. The second-order valence-corrected chi connectivity index (χ2v) is 6.12. The molecule has 2 aromatic heterocycles. The molecule has 0 aliphatic rings. The van der Waals surface area contributed by atoms with Crippen LogP contribution in [0.5, 0.6) is 0 Å². The number of tetrazole rings is 1. The molecule has 0 aliphatic carbocycles. The van der Waals surface area contributed by atoms with Gasteiger partial charge in [-0.15, -0.1) is 10.2 Å². The van der Waals surface area contributed by atoms with Crippen LogP contribution in [0.15, 0.2) is 33.9 Å². The Morgan fingerprint density at radius 1 is 1.30 bits per heavy atom. The summed E-state index contributed by atoms with van der Waals surface area (Å²) in [6.07, 6.45) is 0.607. The highest BCUT2D eigenvalue weighted by atomic mass is 35.5. The number of anilines is 1. The first-order valence-electron chi connectivity index (χ1n) is 8.10. The van der Waals surface area contributed by atoms with Crippen LogP contribution in [0, 0.1) is 0 Å². The first-order chi connectivity index (χ1) is 12.9. The van der Waals surface area contributed by atoms with E-state index in [9.17, 15) is 14.4 Å². The molecule has 0 aliphatic heterocycles. The third-order valence-electron chi connectivity index (χ3n) is 3.82. The number of Topliss-reactive ketones (excluding diaryl/α,β-unsaturated/α-hetero) is 1. The highest BCUT2D eigenvalue weighted by Crippen LogP contribution is 2.23. The van der Waals surface area contributed by atoms with E-state index in [1.807, 2.05) is 6.92 Å². The average Bonchev–Trinajstić information content (AvgIpc) is 3.07. The van der Waals surface area contributed by atoms with E-state index in [2.05, 4.69) is 20.4 Å². The van der Waals surface area contributed by atoms with Crippen molar-refractivity contribution >= 4 is 23.2 Å². The smallest absolute Gasteiger partial charge is 0.329 e. The third-order valence-corrected chi connectivity index (χ3v) is 4.15. The van der Waals surface area contributed by atoms with Crippen LogP contribution in [-0.2, 0) is 13.1 Å². The van der Waals surface area contributed by atoms with E-state index >= 15 is 0 Å². The molecule has 0 fully saturated rings. The molecule has 0 unspecified atom stereocenters. The molecule has 0 spiro atoms. The molecule has 27 heavy (non-hydrogen) atoms. The molecule has 0 saturated heterocycles. The van der Waals surface area contributed by atoms with Gasteiger partial charge in [0.05, 0.1) is 5.02 Å². The Morgan fingerprint density at radius 2 is 2.04 bits per heavy atom. The number of nitrogens with two attached hydrogens (primary N) is 1. The zero-order valence-electron chi connectivity index (χ0n) is 14.3. The first-order valence-corrected chi connectivity index (χ1v) is 8.48. The predicted molar refractivity (Wildman–Crippen MR) is 98.6 cm³/mol. The quantitative estimate of drug-likeness (QED) is 0.591. The van der Waals surface area contributed by atoms with Crippen LogP contribution in [0.3, 0.4) is 0 Å². The molecular weight excluding hydrogens is 374 g/mol. The van der Waals surface area contributed by atoms with E-state index in [0.29, 0.717) is 17.0 Å². The van der Waals surface area contributed by atoms with Gasteiger partial charge in [-0.3, -0.25) is 19.1 Å². The van der Waals surface area contributed by atoms with Crippen LogP contribution in [0.4, 0.5) is 5.82 Å². The number of aromatic nitrogens is 6. The lowest BCUT2D eigenvalue weighted by Crippen LogP contribution is -2.37. The van der Waals surface area contributed by atoms with Gasteiger partial charge in [0, 0.05) is 12.1 Å². The van der Waals surface area contributed by atoms with Gasteiger partial charge < -0.3 is 5.73 Å². The Hall–Kier alpha value is -3.27. The number of halogens is 1. The Kier molecular flexibility index (Phi) is 5.17. The van der Waals surface area contributed by atoms with Gasteiger partial charge in [-0.05, 0) is 23.8 Å². The Bertz CT molecular complexity index is 1120. The maximum atomic E-state index is 12.6. The van der Waals surface area contributed by atoms with Crippen molar-refractivity contribution in [2.75, 3.05) is 5.73 Å². The number of nitrogen functional groups attached to an aromatic ring is 1. The number of H-pyrrole nitrogens is 1. The Morgan fingerprint density at radius 3 is 2.74 bits per heavy atom. The number of rotatable bonds is 6. The number of benzene rings is 1. The number of nitrogens with one attached hydrogen (secondary N) is 1. The number of hydrogen-bond donors (Lipinski definition) is 2. The maximum absolute atomic E-state index is 12.6. The minimum Gasteiger partial charge on any atom is -0.384 e. The molecule has 10 nitrogen and oxygen atoms in total. The second-order valence-electron chi connectivity index (χ2n) is 5.72. The largest absolute Gasteiger partial charge is 0.384 e. The molecule has 3 N–H and O–H groups in total. The van der Waals surface area contributed by atoms with Crippen LogP contribution in [0.1, 0.15) is 23.7 Å². The van der Waals surface area contributed by atoms with Crippen LogP contribution in [-0.4, -0.2) is 35.5 Å². The molecule has 1 aromatic carbocycles. The molecule has 3 aromatic rings. The van der Waals surface area contributed by atoms with E-state index in [0.717, 1.165) is 9.36 Å². The summed E-state index contributed by atoms with van der Waals surface area (Å²) in [6, 6.07) is 6.93. The second kappa shape index (κ2) is 7.54. The van der Waals surface area contributed by atoms with Gasteiger partial charge in [0.15, 0.2) is 5.78 Å². The number of nitrogens with zero attached hydrogens (tertiary/aromatic N) is 5. The van der Waals surface area contributed by atoms with Gasteiger partial charge in [0.1, 0.15) is 17.9 Å². The summed E-state index contributed by atoms with van der Waals surface area (Å²) in [5.74, 6) is -0.574. The fourth-order valence-corrected chi connectivity index (χ4v) is 2.79. The van der Waals surface area contributed by atoms with E-state index in [4.69, 9.17) is 17.3 Å². The zero-order valence-corrected chi connectivity index (χ0v) is 15.1. The summed E-state index contributed by atoms with van der Waals surface area (Å²) in [7, 11) is 0. The van der Waals surface area contributed by atoms with Crippen LogP contribution < -0.4 is 17.0 Å².